The molecule has 1 N–H and O–H groups in total. The summed E-state index contributed by atoms with van der Waals surface area (Å²) in [5.74, 6) is 0.877. The van der Waals surface area contributed by atoms with Crippen LogP contribution >= 0.6 is 24.0 Å². The molecule has 158 valence electrons. The lowest BCUT2D eigenvalue weighted by Gasteiger charge is -2.59. The van der Waals surface area contributed by atoms with Crippen molar-refractivity contribution in [3.8, 4) is 0 Å². The zero-order valence-corrected chi connectivity index (χ0v) is 20.1. The minimum Gasteiger partial charge on any atom is -0.378 e. The fraction of sp³-hybridized carbons (Fsp3) is 0.737. The lowest BCUT2D eigenvalue weighted by Crippen LogP contribution is -2.70. The van der Waals surface area contributed by atoms with Crippen molar-refractivity contribution in [1.82, 2.24) is 20.0 Å². The number of hydrogen-bond donors (Lipinski definition) is 1. The lowest BCUT2D eigenvalue weighted by molar-refractivity contribution is -0.177. The van der Waals surface area contributed by atoms with E-state index in [0.717, 1.165) is 24.6 Å². The van der Waals surface area contributed by atoms with Gasteiger partial charge in [-0.1, -0.05) is 13.8 Å². The van der Waals surface area contributed by atoms with E-state index in [2.05, 4.69) is 41.1 Å². The van der Waals surface area contributed by atoms with Crippen LogP contribution in [0, 0.1) is 5.41 Å². The third-order valence-electron chi connectivity index (χ3n) is 6.41. The summed E-state index contributed by atoms with van der Waals surface area (Å²) in [6, 6.07) is 0.263. The Morgan fingerprint density at radius 1 is 1.39 bits per heavy atom. The fourth-order valence-corrected chi connectivity index (χ4v) is 3.94. The van der Waals surface area contributed by atoms with Gasteiger partial charge >= 0.3 is 0 Å². The number of carbonyl (C=O) groups is 1. The number of hydrogen-bond acceptors (Lipinski definition) is 4. The number of aliphatic imine (C=N–C) groups is 1. The van der Waals surface area contributed by atoms with E-state index in [1.165, 1.54) is 0 Å². The van der Waals surface area contributed by atoms with Gasteiger partial charge < -0.3 is 19.9 Å². The topological polar surface area (TPSA) is 75.0 Å². The Morgan fingerprint density at radius 3 is 2.61 bits per heavy atom. The molecule has 2 atom stereocenters. The molecule has 9 heteroatoms. The molecule has 2 aliphatic rings. The molecule has 1 aromatic heterocycles. The Morgan fingerprint density at radius 2 is 2.11 bits per heavy atom. The van der Waals surface area contributed by atoms with Crippen LogP contribution in [0.4, 0.5) is 5.69 Å². The summed E-state index contributed by atoms with van der Waals surface area (Å²) in [5, 5.41) is 7.76. The van der Waals surface area contributed by atoms with E-state index < -0.39 is 0 Å². The number of anilines is 1. The predicted octanol–water partition coefficient (Wildman–Crippen LogP) is 1.86. The number of guanidine groups is 1. The largest absolute Gasteiger partial charge is 0.378 e. The average Bonchev–Trinajstić information content (AvgIpc) is 3.06. The molecule has 3 rings (SSSR count). The molecular weight excluding hydrogens is 471 g/mol. The molecular formula is C19H33IN6O2. The number of aryl methyl sites for hydroxylation is 1. The SMILES string of the molecule is CCN=C(NC1CC(C)(OC)C1(C)C)N1CCN(c2cnn(C)c2)C(=O)C1.I. The summed E-state index contributed by atoms with van der Waals surface area (Å²) >= 11 is 0. The standard InChI is InChI=1S/C19H32N6O2.HI/c1-7-20-17(22-15-10-19(4,27-6)18(15,2)3)24-8-9-25(16(26)13-24)14-11-21-23(5)12-14;/h11-12,15H,7-10,13H2,1-6H3,(H,20,22);1H. The van der Waals surface area contributed by atoms with Gasteiger partial charge in [0.1, 0.15) is 6.54 Å². The Kier molecular flexibility index (Phi) is 7.01. The summed E-state index contributed by atoms with van der Waals surface area (Å²) in [6.45, 7) is 10.9. The molecule has 1 amide bonds. The molecule has 28 heavy (non-hydrogen) atoms. The molecule has 0 spiro atoms. The van der Waals surface area contributed by atoms with Gasteiger partial charge in [0.05, 0.1) is 17.5 Å². The number of rotatable bonds is 4. The summed E-state index contributed by atoms with van der Waals surface area (Å²) in [5.41, 5.74) is 0.689. The number of halogens is 1. The number of amides is 1. The van der Waals surface area contributed by atoms with Gasteiger partial charge in [0.25, 0.3) is 0 Å². The first-order chi connectivity index (χ1) is 12.7. The monoisotopic (exact) mass is 504 g/mol. The highest BCUT2D eigenvalue weighted by molar-refractivity contribution is 14.0. The predicted molar refractivity (Wildman–Crippen MR) is 121 cm³/mol. The molecule has 8 nitrogen and oxygen atoms in total. The minimum absolute atomic E-state index is 0. The van der Waals surface area contributed by atoms with Crippen LogP contribution in [0.3, 0.4) is 0 Å². The van der Waals surface area contributed by atoms with Gasteiger partial charge in [0, 0.05) is 51.4 Å². The van der Waals surface area contributed by atoms with Gasteiger partial charge in [-0.2, -0.15) is 5.10 Å². The third-order valence-corrected chi connectivity index (χ3v) is 6.41. The van der Waals surface area contributed by atoms with Crippen molar-refractivity contribution >= 4 is 41.5 Å². The van der Waals surface area contributed by atoms with E-state index in [1.807, 2.05) is 20.2 Å². The number of carbonyl (C=O) groups excluding carboxylic acids is 1. The van der Waals surface area contributed by atoms with Crippen LogP contribution in [-0.4, -0.2) is 71.5 Å². The molecule has 0 bridgehead atoms. The summed E-state index contributed by atoms with van der Waals surface area (Å²) in [7, 11) is 3.63. The van der Waals surface area contributed by atoms with Gasteiger partial charge in [-0.15, -0.1) is 24.0 Å². The number of ether oxygens (including phenoxy) is 1. The quantitative estimate of drug-likeness (QED) is 0.385. The number of nitrogens with zero attached hydrogens (tertiary/aromatic N) is 5. The molecule has 2 heterocycles. The van der Waals surface area contributed by atoms with Crippen molar-refractivity contribution in [3.05, 3.63) is 12.4 Å². The maximum atomic E-state index is 12.7. The highest BCUT2D eigenvalue weighted by Crippen LogP contribution is 2.51. The van der Waals surface area contributed by atoms with Crippen molar-refractivity contribution in [1.29, 1.82) is 0 Å². The number of aromatic nitrogens is 2. The van der Waals surface area contributed by atoms with E-state index in [-0.39, 0.29) is 46.9 Å². The number of nitrogens with one attached hydrogen (secondary N) is 1. The molecule has 1 saturated heterocycles. The molecule has 1 aliphatic carbocycles. The Balaban J connectivity index is 0.00000280. The molecule has 2 unspecified atom stereocenters. The maximum absolute atomic E-state index is 12.7. The van der Waals surface area contributed by atoms with Crippen molar-refractivity contribution in [3.63, 3.8) is 0 Å². The molecule has 0 radical (unpaired) electrons. The van der Waals surface area contributed by atoms with Gasteiger partial charge in [-0.3, -0.25) is 14.5 Å². The second-order valence-corrected chi connectivity index (χ2v) is 8.19. The van der Waals surface area contributed by atoms with Crippen LogP contribution < -0.4 is 10.2 Å². The highest BCUT2D eigenvalue weighted by Gasteiger charge is 2.58. The van der Waals surface area contributed by atoms with Crippen molar-refractivity contribution in [2.24, 2.45) is 17.5 Å². The Labute approximate surface area is 184 Å². The van der Waals surface area contributed by atoms with E-state index >= 15 is 0 Å². The smallest absolute Gasteiger partial charge is 0.246 e. The van der Waals surface area contributed by atoms with Crippen molar-refractivity contribution in [2.45, 2.75) is 45.8 Å². The highest BCUT2D eigenvalue weighted by atomic mass is 127. The molecule has 1 aromatic rings. The van der Waals surface area contributed by atoms with Crippen LogP contribution in [0.1, 0.15) is 34.1 Å². The Bertz CT molecular complexity index is 734. The van der Waals surface area contributed by atoms with E-state index in [0.29, 0.717) is 19.6 Å². The normalized spacial score (nSPS) is 27.3. The minimum atomic E-state index is -0.142. The fourth-order valence-electron chi connectivity index (χ4n) is 3.94. The molecule has 0 aromatic carbocycles. The van der Waals surface area contributed by atoms with Gasteiger partial charge in [-0.25, -0.2) is 0 Å². The lowest BCUT2D eigenvalue weighted by atomic mass is 9.56. The van der Waals surface area contributed by atoms with E-state index in [9.17, 15) is 4.79 Å². The second-order valence-electron chi connectivity index (χ2n) is 8.19. The van der Waals surface area contributed by atoms with Crippen LogP contribution in [-0.2, 0) is 16.6 Å². The molecule has 1 saturated carbocycles. The van der Waals surface area contributed by atoms with Crippen LogP contribution in [0.5, 0.6) is 0 Å². The van der Waals surface area contributed by atoms with Crippen molar-refractivity contribution < 1.29 is 9.53 Å². The zero-order valence-electron chi connectivity index (χ0n) is 17.7. The maximum Gasteiger partial charge on any atom is 0.246 e. The van der Waals surface area contributed by atoms with Crippen LogP contribution in [0.2, 0.25) is 0 Å². The van der Waals surface area contributed by atoms with Crippen LogP contribution in [0.15, 0.2) is 17.4 Å². The van der Waals surface area contributed by atoms with Crippen molar-refractivity contribution in [2.75, 3.05) is 38.2 Å². The van der Waals surface area contributed by atoms with Crippen LogP contribution in [0.25, 0.3) is 0 Å². The van der Waals surface area contributed by atoms with Gasteiger partial charge in [-0.05, 0) is 20.3 Å². The first-order valence-electron chi connectivity index (χ1n) is 9.62. The number of piperazine rings is 1. The van der Waals surface area contributed by atoms with Gasteiger partial charge in [0.2, 0.25) is 5.91 Å². The number of methoxy groups -OCH3 is 1. The van der Waals surface area contributed by atoms with Gasteiger partial charge in [0.15, 0.2) is 5.96 Å². The van der Waals surface area contributed by atoms with E-state index in [1.54, 1.807) is 22.9 Å². The molecule has 2 fully saturated rings. The Hall–Kier alpha value is -1.36. The average molecular weight is 504 g/mol. The summed E-state index contributed by atoms with van der Waals surface area (Å²) < 4.78 is 7.44. The summed E-state index contributed by atoms with van der Waals surface area (Å²) in [4.78, 5) is 21.2. The first kappa shape index (κ1) is 22.9. The third kappa shape index (κ3) is 4.00. The first-order valence-corrected chi connectivity index (χ1v) is 9.62. The second kappa shape index (κ2) is 8.56. The summed E-state index contributed by atoms with van der Waals surface area (Å²) in [6.07, 6.45) is 4.52. The zero-order chi connectivity index (χ0) is 19.8. The van der Waals surface area contributed by atoms with E-state index in [4.69, 9.17) is 4.74 Å². The molecule has 1 aliphatic heterocycles.